The lowest BCUT2D eigenvalue weighted by Crippen LogP contribution is -1.83. The summed E-state index contributed by atoms with van der Waals surface area (Å²) in [5, 5.41) is 1.16. The number of rotatable bonds is 0. The molecule has 1 aromatic carbocycles. The average molecular weight is 242 g/mol. The molecule has 2 aromatic rings. The maximum absolute atomic E-state index is 5.90. The van der Waals surface area contributed by atoms with Gasteiger partial charge in [-0.1, -0.05) is 15.9 Å². The molecule has 0 atom stereocenters. The molecular weight excluding hydrogens is 234 g/mol. The summed E-state index contributed by atoms with van der Waals surface area (Å²) in [5.41, 5.74) is 6.81. The van der Waals surface area contributed by atoms with Crippen molar-refractivity contribution in [3.8, 4) is 0 Å². The molecule has 0 saturated heterocycles. The second-order valence-corrected chi connectivity index (χ2v) is 4.88. The molecule has 12 heavy (non-hydrogen) atoms. The van der Waals surface area contributed by atoms with Crippen LogP contribution in [0.15, 0.2) is 22.7 Å². The molecule has 0 aliphatic carbocycles. The molecule has 0 aliphatic rings. The van der Waals surface area contributed by atoms with E-state index in [9.17, 15) is 0 Å². The summed E-state index contributed by atoms with van der Waals surface area (Å²) in [6.07, 6.45) is 0. The number of thiophene rings is 1. The first kappa shape index (κ1) is 8.08. The van der Waals surface area contributed by atoms with E-state index in [1.54, 1.807) is 11.3 Å². The van der Waals surface area contributed by atoms with Gasteiger partial charge in [0, 0.05) is 19.4 Å². The molecule has 0 amide bonds. The fourth-order valence-electron chi connectivity index (χ4n) is 1.21. The monoisotopic (exact) mass is 241 g/mol. The molecular formula is C9H8BrNS. The Kier molecular flexibility index (Phi) is 1.85. The van der Waals surface area contributed by atoms with Crippen LogP contribution in [0.5, 0.6) is 0 Å². The van der Waals surface area contributed by atoms with Gasteiger partial charge in [0.1, 0.15) is 0 Å². The first-order valence-electron chi connectivity index (χ1n) is 3.62. The van der Waals surface area contributed by atoms with Crippen LogP contribution >= 0.6 is 27.3 Å². The summed E-state index contributed by atoms with van der Waals surface area (Å²) in [5.74, 6) is 0. The average Bonchev–Trinajstić information content (AvgIpc) is 2.31. The van der Waals surface area contributed by atoms with Gasteiger partial charge < -0.3 is 5.73 Å². The smallest absolute Gasteiger partial charge is 0.0532 e. The molecule has 0 saturated carbocycles. The fourth-order valence-corrected chi connectivity index (χ4v) is 2.54. The highest BCUT2D eigenvalue weighted by atomic mass is 79.9. The minimum absolute atomic E-state index is 0.913. The van der Waals surface area contributed by atoms with Gasteiger partial charge in [-0.15, -0.1) is 11.3 Å². The van der Waals surface area contributed by atoms with Crippen LogP contribution < -0.4 is 5.73 Å². The lowest BCUT2D eigenvalue weighted by Gasteiger charge is -1.92. The van der Waals surface area contributed by atoms with Crippen LogP contribution in [0.4, 0.5) is 5.69 Å². The van der Waals surface area contributed by atoms with Crippen molar-refractivity contribution < 1.29 is 0 Å². The molecule has 1 aromatic heterocycles. The number of nitrogens with two attached hydrogens (primary N) is 1. The van der Waals surface area contributed by atoms with Gasteiger partial charge in [0.25, 0.3) is 0 Å². The van der Waals surface area contributed by atoms with E-state index < -0.39 is 0 Å². The van der Waals surface area contributed by atoms with Crippen LogP contribution in [0, 0.1) is 6.92 Å². The number of fused-ring (bicyclic) bond motifs is 1. The SMILES string of the molecule is Cc1sc2ccc(Br)cc2c1N. The van der Waals surface area contributed by atoms with Crippen LogP contribution in [-0.4, -0.2) is 0 Å². The van der Waals surface area contributed by atoms with Gasteiger partial charge in [-0.3, -0.25) is 0 Å². The summed E-state index contributed by atoms with van der Waals surface area (Å²) in [7, 11) is 0. The van der Waals surface area contributed by atoms with Crippen molar-refractivity contribution in [2.75, 3.05) is 5.73 Å². The summed E-state index contributed by atoms with van der Waals surface area (Å²) >= 11 is 5.17. The summed E-state index contributed by atoms with van der Waals surface area (Å²) < 4.78 is 2.34. The molecule has 0 fully saturated rings. The van der Waals surface area contributed by atoms with E-state index in [2.05, 4.69) is 28.1 Å². The van der Waals surface area contributed by atoms with Gasteiger partial charge in [-0.05, 0) is 25.1 Å². The van der Waals surface area contributed by atoms with E-state index in [1.165, 1.54) is 9.58 Å². The Hall–Kier alpha value is -0.540. The Labute approximate surface area is 83.3 Å². The van der Waals surface area contributed by atoms with Crippen LogP contribution in [0.2, 0.25) is 0 Å². The maximum Gasteiger partial charge on any atom is 0.0532 e. The number of benzene rings is 1. The van der Waals surface area contributed by atoms with E-state index >= 15 is 0 Å². The second kappa shape index (κ2) is 2.75. The minimum Gasteiger partial charge on any atom is -0.397 e. The summed E-state index contributed by atoms with van der Waals surface area (Å²) in [4.78, 5) is 1.20. The number of aryl methyl sites for hydroxylation is 1. The first-order chi connectivity index (χ1) is 5.68. The second-order valence-electron chi connectivity index (χ2n) is 2.71. The third-order valence-electron chi connectivity index (χ3n) is 1.87. The summed E-state index contributed by atoms with van der Waals surface area (Å²) in [6.45, 7) is 2.05. The highest BCUT2D eigenvalue weighted by molar-refractivity contribution is 9.10. The van der Waals surface area contributed by atoms with Gasteiger partial charge in [0.2, 0.25) is 0 Å². The van der Waals surface area contributed by atoms with Crippen molar-refractivity contribution in [3.05, 3.63) is 27.5 Å². The van der Waals surface area contributed by atoms with E-state index in [0.717, 1.165) is 15.5 Å². The van der Waals surface area contributed by atoms with Gasteiger partial charge in [-0.2, -0.15) is 0 Å². The lowest BCUT2D eigenvalue weighted by atomic mass is 10.2. The van der Waals surface area contributed by atoms with Crippen LogP contribution in [0.3, 0.4) is 0 Å². The third kappa shape index (κ3) is 1.13. The van der Waals surface area contributed by atoms with Gasteiger partial charge in [-0.25, -0.2) is 0 Å². The van der Waals surface area contributed by atoms with Crippen molar-refractivity contribution in [2.45, 2.75) is 6.92 Å². The number of nitrogen functional groups attached to an aromatic ring is 1. The molecule has 0 radical (unpaired) electrons. The van der Waals surface area contributed by atoms with Gasteiger partial charge in [0.15, 0.2) is 0 Å². The molecule has 0 unspecified atom stereocenters. The highest BCUT2D eigenvalue weighted by Gasteiger charge is 2.04. The van der Waals surface area contributed by atoms with E-state index in [1.807, 2.05) is 13.0 Å². The minimum atomic E-state index is 0.913. The van der Waals surface area contributed by atoms with E-state index in [-0.39, 0.29) is 0 Å². The zero-order valence-electron chi connectivity index (χ0n) is 6.60. The molecule has 62 valence electrons. The molecule has 1 nitrogen and oxygen atoms in total. The van der Waals surface area contributed by atoms with Crippen molar-refractivity contribution >= 4 is 43.0 Å². The highest BCUT2D eigenvalue weighted by Crippen LogP contribution is 2.34. The molecule has 1 heterocycles. The molecule has 0 spiro atoms. The Balaban J connectivity index is 2.88. The quantitative estimate of drug-likeness (QED) is 0.751. The fraction of sp³-hybridized carbons (Fsp3) is 0.111. The standard InChI is InChI=1S/C9H8BrNS/c1-5-9(11)7-4-6(10)2-3-8(7)12-5/h2-4H,11H2,1H3. The molecule has 0 aliphatic heterocycles. The predicted molar refractivity (Wildman–Crippen MR) is 58.7 cm³/mol. The molecule has 0 bridgehead atoms. The van der Waals surface area contributed by atoms with Crippen LogP contribution in [0.25, 0.3) is 10.1 Å². The Morgan fingerprint density at radius 3 is 2.92 bits per heavy atom. The Bertz CT molecular complexity index is 433. The first-order valence-corrected chi connectivity index (χ1v) is 5.23. The number of hydrogen-bond acceptors (Lipinski definition) is 2. The molecule has 2 rings (SSSR count). The van der Waals surface area contributed by atoms with E-state index in [4.69, 9.17) is 5.73 Å². The van der Waals surface area contributed by atoms with Crippen molar-refractivity contribution in [1.29, 1.82) is 0 Å². The molecule has 2 N–H and O–H groups in total. The largest absolute Gasteiger partial charge is 0.397 e. The lowest BCUT2D eigenvalue weighted by molar-refractivity contribution is 1.63. The Morgan fingerprint density at radius 2 is 2.17 bits per heavy atom. The zero-order chi connectivity index (χ0) is 8.72. The third-order valence-corrected chi connectivity index (χ3v) is 3.47. The Morgan fingerprint density at radius 1 is 1.42 bits per heavy atom. The van der Waals surface area contributed by atoms with Crippen molar-refractivity contribution in [1.82, 2.24) is 0 Å². The van der Waals surface area contributed by atoms with Gasteiger partial charge in [0.05, 0.1) is 5.69 Å². The number of halogens is 1. The normalized spacial score (nSPS) is 10.8. The van der Waals surface area contributed by atoms with Crippen LogP contribution in [-0.2, 0) is 0 Å². The molecule has 3 heteroatoms. The zero-order valence-corrected chi connectivity index (χ0v) is 9.00. The number of anilines is 1. The van der Waals surface area contributed by atoms with E-state index in [0.29, 0.717) is 0 Å². The predicted octanol–water partition coefficient (Wildman–Crippen LogP) is 3.55. The van der Waals surface area contributed by atoms with Crippen molar-refractivity contribution in [2.24, 2.45) is 0 Å². The maximum atomic E-state index is 5.90. The number of hydrogen-bond donors (Lipinski definition) is 1. The summed E-state index contributed by atoms with van der Waals surface area (Å²) in [6, 6.07) is 6.19. The van der Waals surface area contributed by atoms with Crippen LogP contribution in [0.1, 0.15) is 4.88 Å². The topological polar surface area (TPSA) is 26.0 Å². The van der Waals surface area contributed by atoms with Crippen molar-refractivity contribution in [3.63, 3.8) is 0 Å². The van der Waals surface area contributed by atoms with Gasteiger partial charge >= 0.3 is 0 Å².